The van der Waals surface area contributed by atoms with E-state index in [1.165, 1.54) is 0 Å². The van der Waals surface area contributed by atoms with E-state index in [9.17, 15) is 0 Å². The van der Waals surface area contributed by atoms with Crippen LogP contribution in [0.4, 0.5) is 0 Å². The van der Waals surface area contributed by atoms with Gasteiger partial charge in [-0.2, -0.15) is 0 Å². The molecule has 104 valence electrons. The van der Waals surface area contributed by atoms with Crippen molar-refractivity contribution in [1.29, 1.82) is 0 Å². The summed E-state index contributed by atoms with van der Waals surface area (Å²) in [5, 5.41) is 6.50. The normalized spacial score (nSPS) is 10.9. The number of rotatable bonds is 7. The van der Waals surface area contributed by atoms with E-state index in [4.69, 9.17) is 4.74 Å². The van der Waals surface area contributed by atoms with Crippen LogP contribution in [0.15, 0.2) is 41.9 Å². The lowest BCUT2D eigenvalue weighted by atomic mass is 10.2. The van der Waals surface area contributed by atoms with E-state index in [0.717, 1.165) is 30.2 Å². The zero-order valence-electron chi connectivity index (χ0n) is 11.8. The summed E-state index contributed by atoms with van der Waals surface area (Å²) in [6, 6.07) is 7.97. The molecule has 0 aliphatic carbocycles. The standard InChI is InChI=1S/C15H23N3O/c1-4-10-17-15(16-3)18-12-13-8-6-7-9-14(13)19-11-5-2/h5-9H,2,4,10-12H2,1,3H3,(H2,16,17,18). The molecule has 0 aliphatic rings. The van der Waals surface area contributed by atoms with E-state index in [1.54, 1.807) is 13.1 Å². The Morgan fingerprint density at radius 1 is 1.37 bits per heavy atom. The first-order valence-corrected chi connectivity index (χ1v) is 6.58. The summed E-state index contributed by atoms with van der Waals surface area (Å²) in [7, 11) is 1.77. The third kappa shape index (κ3) is 5.46. The maximum atomic E-state index is 5.62. The molecule has 1 rings (SSSR count). The van der Waals surface area contributed by atoms with E-state index in [-0.39, 0.29) is 0 Å². The minimum absolute atomic E-state index is 0.514. The molecule has 0 aliphatic heterocycles. The second kappa shape index (κ2) is 9.03. The van der Waals surface area contributed by atoms with Gasteiger partial charge in [-0.15, -0.1) is 0 Å². The predicted octanol–water partition coefficient (Wildman–Crippen LogP) is 2.33. The monoisotopic (exact) mass is 261 g/mol. The highest BCUT2D eigenvalue weighted by molar-refractivity contribution is 5.79. The zero-order valence-corrected chi connectivity index (χ0v) is 11.8. The van der Waals surface area contributed by atoms with Crippen molar-refractivity contribution in [1.82, 2.24) is 10.6 Å². The van der Waals surface area contributed by atoms with Gasteiger partial charge in [0.15, 0.2) is 5.96 Å². The summed E-state index contributed by atoms with van der Waals surface area (Å²) in [4.78, 5) is 4.17. The summed E-state index contributed by atoms with van der Waals surface area (Å²) >= 11 is 0. The average molecular weight is 261 g/mol. The van der Waals surface area contributed by atoms with Gasteiger partial charge in [-0.3, -0.25) is 4.99 Å². The van der Waals surface area contributed by atoms with Gasteiger partial charge in [-0.05, 0) is 12.5 Å². The molecule has 1 aromatic carbocycles. The second-order valence-corrected chi connectivity index (χ2v) is 4.06. The quantitative estimate of drug-likeness (QED) is 0.450. The van der Waals surface area contributed by atoms with Crippen LogP contribution in [-0.2, 0) is 6.54 Å². The number of nitrogens with one attached hydrogen (secondary N) is 2. The highest BCUT2D eigenvalue weighted by atomic mass is 16.5. The Labute approximate surface area is 115 Å². The van der Waals surface area contributed by atoms with Crippen LogP contribution in [-0.4, -0.2) is 26.2 Å². The predicted molar refractivity (Wildman–Crippen MR) is 80.6 cm³/mol. The summed E-state index contributed by atoms with van der Waals surface area (Å²) in [6.07, 6.45) is 2.81. The fraction of sp³-hybridized carbons (Fsp3) is 0.400. The molecule has 2 N–H and O–H groups in total. The van der Waals surface area contributed by atoms with E-state index in [2.05, 4.69) is 29.1 Å². The van der Waals surface area contributed by atoms with E-state index in [1.807, 2.05) is 24.3 Å². The lowest BCUT2D eigenvalue weighted by Gasteiger charge is -2.13. The topological polar surface area (TPSA) is 45.6 Å². The van der Waals surface area contributed by atoms with Gasteiger partial charge >= 0.3 is 0 Å². The molecule has 1 aromatic rings. The van der Waals surface area contributed by atoms with Crippen molar-refractivity contribution >= 4 is 5.96 Å². The number of ether oxygens (including phenoxy) is 1. The van der Waals surface area contributed by atoms with Crippen molar-refractivity contribution in [3.63, 3.8) is 0 Å². The van der Waals surface area contributed by atoms with Gasteiger partial charge < -0.3 is 15.4 Å². The molecule has 0 amide bonds. The summed E-state index contributed by atoms with van der Waals surface area (Å²) in [5.74, 6) is 1.68. The Morgan fingerprint density at radius 2 is 2.16 bits per heavy atom. The van der Waals surface area contributed by atoms with Gasteiger partial charge in [-0.25, -0.2) is 0 Å². The molecule has 4 heteroatoms. The van der Waals surface area contributed by atoms with E-state index >= 15 is 0 Å². The van der Waals surface area contributed by atoms with E-state index in [0.29, 0.717) is 13.2 Å². The Kier molecular flexibility index (Phi) is 7.17. The van der Waals surface area contributed by atoms with Crippen LogP contribution in [0.25, 0.3) is 0 Å². The summed E-state index contributed by atoms with van der Waals surface area (Å²) < 4.78 is 5.62. The van der Waals surface area contributed by atoms with Crippen LogP contribution >= 0.6 is 0 Å². The number of hydrogen-bond donors (Lipinski definition) is 2. The average Bonchev–Trinajstić information content (AvgIpc) is 2.46. The fourth-order valence-corrected chi connectivity index (χ4v) is 1.58. The maximum Gasteiger partial charge on any atom is 0.191 e. The Bertz CT molecular complexity index is 416. The molecule has 0 radical (unpaired) electrons. The van der Waals surface area contributed by atoms with Gasteiger partial charge in [0.05, 0.1) is 0 Å². The van der Waals surface area contributed by atoms with Gasteiger partial charge in [0.2, 0.25) is 0 Å². The number of guanidine groups is 1. The summed E-state index contributed by atoms with van der Waals surface area (Å²) in [6.45, 7) is 7.88. The number of benzene rings is 1. The molecule has 19 heavy (non-hydrogen) atoms. The largest absolute Gasteiger partial charge is 0.489 e. The molecule has 0 fully saturated rings. The molecule has 0 saturated carbocycles. The molecule has 0 bridgehead atoms. The number of hydrogen-bond acceptors (Lipinski definition) is 2. The molecule has 0 atom stereocenters. The minimum Gasteiger partial charge on any atom is -0.489 e. The SMILES string of the molecule is C=CCOc1ccccc1CNC(=NC)NCCC. The van der Waals surface area contributed by atoms with E-state index < -0.39 is 0 Å². The minimum atomic E-state index is 0.514. The number of nitrogens with zero attached hydrogens (tertiary/aromatic N) is 1. The zero-order chi connectivity index (χ0) is 13.9. The van der Waals surface area contributed by atoms with Crippen LogP contribution in [0.1, 0.15) is 18.9 Å². The Hall–Kier alpha value is -1.97. The lowest BCUT2D eigenvalue weighted by Crippen LogP contribution is -2.37. The molecule has 0 heterocycles. The fourth-order valence-electron chi connectivity index (χ4n) is 1.58. The van der Waals surface area contributed by atoms with Crippen molar-refractivity contribution in [2.45, 2.75) is 19.9 Å². The van der Waals surface area contributed by atoms with Crippen molar-refractivity contribution in [3.8, 4) is 5.75 Å². The van der Waals surface area contributed by atoms with Gasteiger partial charge in [0.25, 0.3) is 0 Å². The van der Waals surface area contributed by atoms with Gasteiger partial charge in [-0.1, -0.05) is 37.8 Å². The highest BCUT2D eigenvalue weighted by Gasteiger charge is 2.03. The first-order valence-electron chi connectivity index (χ1n) is 6.58. The maximum absolute atomic E-state index is 5.62. The highest BCUT2D eigenvalue weighted by Crippen LogP contribution is 2.17. The number of aliphatic imine (C=N–C) groups is 1. The number of para-hydroxylation sites is 1. The molecular formula is C15H23N3O. The molecular weight excluding hydrogens is 238 g/mol. The summed E-state index contributed by atoms with van der Waals surface area (Å²) in [5.41, 5.74) is 1.10. The second-order valence-electron chi connectivity index (χ2n) is 4.06. The molecule has 4 nitrogen and oxygen atoms in total. The van der Waals surface area contributed by atoms with Crippen LogP contribution < -0.4 is 15.4 Å². The third-order valence-electron chi connectivity index (χ3n) is 2.54. The van der Waals surface area contributed by atoms with Crippen LogP contribution in [0.3, 0.4) is 0 Å². The lowest BCUT2D eigenvalue weighted by molar-refractivity contribution is 0.358. The Morgan fingerprint density at radius 3 is 2.84 bits per heavy atom. The van der Waals surface area contributed by atoms with Gasteiger partial charge in [0.1, 0.15) is 12.4 Å². The van der Waals surface area contributed by atoms with Crippen molar-refractivity contribution in [3.05, 3.63) is 42.5 Å². The van der Waals surface area contributed by atoms with Crippen LogP contribution in [0, 0.1) is 0 Å². The Balaban J connectivity index is 2.58. The molecule has 0 spiro atoms. The molecule has 0 saturated heterocycles. The van der Waals surface area contributed by atoms with Crippen molar-refractivity contribution in [2.75, 3.05) is 20.2 Å². The first-order chi connectivity index (χ1) is 9.31. The van der Waals surface area contributed by atoms with Crippen molar-refractivity contribution in [2.24, 2.45) is 4.99 Å². The van der Waals surface area contributed by atoms with Gasteiger partial charge in [0, 0.05) is 25.7 Å². The van der Waals surface area contributed by atoms with Crippen LogP contribution in [0.5, 0.6) is 5.75 Å². The first kappa shape index (κ1) is 15.1. The van der Waals surface area contributed by atoms with Crippen molar-refractivity contribution < 1.29 is 4.74 Å². The van der Waals surface area contributed by atoms with Crippen LogP contribution in [0.2, 0.25) is 0 Å². The molecule has 0 aromatic heterocycles. The molecule has 0 unspecified atom stereocenters. The smallest absolute Gasteiger partial charge is 0.191 e. The third-order valence-corrected chi connectivity index (χ3v) is 2.54.